The lowest BCUT2D eigenvalue weighted by Gasteiger charge is -2.12. The van der Waals surface area contributed by atoms with Crippen LogP contribution >= 0.6 is 0 Å². The van der Waals surface area contributed by atoms with E-state index in [9.17, 15) is 9.59 Å². The van der Waals surface area contributed by atoms with Gasteiger partial charge in [0.05, 0.1) is 31.6 Å². The van der Waals surface area contributed by atoms with Crippen molar-refractivity contribution >= 4 is 17.6 Å². The second-order valence-corrected chi connectivity index (χ2v) is 6.32. The molecule has 1 amide bonds. The molecule has 1 aromatic carbocycles. The maximum atomic E-state index is 12.3. The molecule has 0 fully saturated rings. The van der Waals surface area contributed by atoms with Gasteiger partial charge < -0.3 is 19.9 Å². The fraction of sp³-hybridized carbons (Fsp3) is 0.300. The predicted octanol–water partition coefficient (Wildman–Crippen LogP) is 2.26. The SMILES string of the molecule is CCOc1ccc(Cn2cc(NC(=O)c3ccn(CC(=O)O)n3)cn2)cc1OCC. The first-order valence-corrected chi connectivity index (χ1v) is 9.46. The van der Waals surface area contributed by atoms with Crippen LogP contribution < -0.4 is 14.8 Å². The molecule has 0 aliphatic rings. The summed E-state index contributed by atoms with van der Waals surface area (Å²) in [5, 5.41) is 19.7. The lowest BCUT2D eigenvalue weighted by Crippen LogP contribution is -2.14. The number of aliphatic carboxylic acids is 1. The Bertz CT molecular complexity index is 1030. The minimum Gasteiger partial charge on any atom is -0.490 e. The molecule has 2 heterocycles. The van der Waals surface area contributed by atoms with Crippen LogP contribution in [-0.2, 0) is 17.9 Å². The third kappa shape index (κ3) is 5.37. The van der Waals surface area contributed by atoms with Gasteiger partial charge in [0.1, 0.15) is 6.54 Å². The highest BCUT2D eigenvalue weighted by atomic mass is 16.5. The molecule has 0 aliphatic heterocycles. The molecule has 2 aromatic heterocycles. The Morgan fingerprint density at radius 1 is 1.10 bits per heavy atom. The van der Waals surface area contributed by atoms with Crippen molar-refractivity contribution in [1.29, 1.82) is 0 Å². The van der Waals surface area contributed by atoms with Crippen molar-refractivity contribution in [2.24, 2.45) is 0 Å². The number of carboxylic acids is 1. The Balaban J connectivity index is 1.65. The molecule has 0 saturated heterocycles. The molecule has 0 unspecified atom stereocenters. The minimum absolute atomic E-state index is 0.122. The van der Waals surface area contributed by atoms with Crippen molar-refractivity contribution in [1.82, 2.24) is 19.6 Å². The molecule has 158 valence electrons. The zero-order valence-electron chi connectivity index (χ0n) is 16.7. The highest BCUT2D eigenvalue weighted by Crippen LogP contribution is 2.28. The number of ether oxygens (including phenoxy) is 2. The summed E-state index contributed by atoms with van der Waals surface area (Å²) in [6, 6.07) is 7.16. The van der Waals surface area contributed by atoms with Crippen LogP contribution in [0.2, 0.25) is 0 Å². The van der Waals surface area contributed by atoms with E-state index in [4.69, 9.17) is 14.6 Å². The molecule has 3 rings (SSSR count). The molecule has 0 radical (unpaired) electrons. The predicted molar refractivity (Wildman–Crippen MR) is 108 cm³/mol. The first-order valence-electron chi connectivity index (χ1n) is 9.46. The number of rotatable bonds is 10. The number of anilines is 1. The van der Waals surface area contributed by atoms with Crippen LogP contribution in [0.25, 0.3) is 0 Å². The second-order valence-electron chi connectivity index (χ2n) is 6.32. The van der Waals surface area contributed by atoms with Gasteiger partial charge in [0.25, 0.3) is 5.91 Å². The maximum Gasteiger partial charge on any atom is 0.325 e. The van der Waals surface area contributed by atoms with Gasteiger partial charge in [-0.2, -0.15) is 10.2 Å². The van der Waals surface area contributed by atoms with Gasteiger partial charge in [-0.15, -0.1) is 0 Å². The van der Waals surface area contributed by atoms with E-state index in [0.717, 1.165) is 5.56 Å². The number of nitrogens with one attached hydrogen (secondary N) is 1. The van der Waals surface area contributed by atoms with Crippen molar-refractivity contribution in [3.63, 3.8) is 0 Å². The Hall–Kier alpha value is -3.82. The Morgan fingerprint density at radius 3 is 2.60 bits per heavy atom. The molecule has 0 spiro atoms. The summed E-state index contributed by atoms with van der Waals surface area (Å²) in [5.74, 6) is -0.111. The van der Waals surface area contributed by atoms with Crippen LogP contribution in [0.1, 0.15) is 29.9 Å². The summed E-state index contributed by atoms with van der Waals surface area (Å²) in [6.07, 6.45) is 4.67. The lowest BCUT2D eigenvalue weighted by molar-refractivity contribution is -0.137. The van der Waals surface area contributed by atoms with Crippen LogP contribution in [0.3, 0.4) is 0 Å². The smallest absolute Gasteiger partial charge is 0.325 e. The zero-order valence-corrected chi connectivity index (χ0v) is 16.7. The summed E-state index contributed by atoms with van der Waals surface area (Å²) in [7, 11) is 0. The molecule has 0 saturated carbocycles. The highest BCUT2D eigenvalue weighted by molar-refractivity contribution is 6.02. The Labute approximate surface area is 173 Å². The number of carboxylic acid groups (broad SMARTS) is 1. The molecule has 3 aromatic rings. The molecule has 2 N–H and O–H groups in total. The summed E-state index contributed by atoms with van der Waals surface area (Å²) in [4.78, 5) is 23.0. The number of amides is 1. The number of hydrogen-bond acceptors (Lipinski definition) is 6. The van der Waals surface area contributed by atoms with Crippen LogP contribution in [0.4, 0.5) is 5.69 Å². The first kappa shape index (κ1) is 20.9. The van der Waals surface area contributed by atoms with E-state index >= 15 is 0 Å². The van der Waals surface area contributed by atoms with E-state index in [-0.39, 0.29) is 12.2 Å². The standard InChI is InChI=1S/C20H23N5O5/c1-3-29-17-6-5-14(9-18(17)30-4-2)11-25-12-15(10-21-25)22-20(28)16-7-8-24(23-16)13-19(26)27/h5-10,12H,3-4,11,13H2,1-2H3,(H,22,28)(H,26,27). The zero-order chi connectivity index (χ0) is 21.5. The number of aromatic nitrogens is 4. The third-order valence-electron chi connectivity index (χ3n) is 4.01. The summed E-state index contributed by atoms with van der Waals surface area (Å²) >= 11 is 0. The normalized spacial score (nSPS) is 10.6. The van der Waals surface area contributed by atoms with Gasteiger partial charge >= 0.3 is 5.97 Å². The molecule has 0 atom stereocenters. The van der Waals surface area contributed by atoms with Gasteiger partial charge in [0, 0.05) is 12.4 Å². The average Bonchev–Trinajstić information content (AvgIpc) is 3.33. The fourth-order valence-electron chi connectivity index (χ4n) is 2.80. The van der Waals surface area contributed by atoms with Gasteiger partial charge in [0.2, 0.25) is 0 Å². The Morgan fingerprint density at radius 2 is 1.87 bits per heavy atom. The van der Waals surface area contributed by atoms with Crippen molar-refractivity contribution < 1.29 is 24.2 Å². The molecule has 10 nitrogen and oxygen atoms in total. The van der Waals surface area contributed by atoms with E-state index in [0.29, 0.717) is 36.9 Å². The number of hydrogen-bond donors (Lipinski definition) is 2. The molecule has 10 heteroatoms. The monoisotopic (exact) mass is 413 g/mol. The van der Waals surface area contributed by atoms with Gasteiger partial charge in [-0.3, -0.25) is 19.0 Å². The van der Waals surface area contributed by atoms with Gasteiger partial charge in [-0.25, -0.2) is 0 Å². The third-order valence-corrected chi connectivity index (χ3v) is 4.01. The molecule has 30 heavy (non-hydrogen) atoms. The van der Waals surface area contributed by atoms with Gasteiger partial charge in [0.15, 0.2) is 17.2 Å². The van der Waals surface area contributed by atoms with Crippen LogP contribution in [-0.4, -0.2) is 49.8 Å². The summed E-state index contributed by atoms with van der Waals surface area (Å²) in [6.45, 7) is 5.09. The minimum atomic E-state index is -1.03. The first-order chi connectivity index (χ1) is 14.5. The number of nitrogens with zero attached hydrogens (tertiary/aromatic N) is 4. The topological polar surface area (TPSA) is 120 Å². The van der Waals surface area contributed by atoms with E-state index in [1.54, 1.807) is 10.9 Å². The van der Waals surface area contributed by atoms with Crippen molar-refractivity contribution in [2.75, 3.05) is 18.5 Å². The molecule has 0 aliphatic carbocycles. The fourth-order valence-corrected chi connectivity index (χ4v) is 2.80. The van der Waals surface area contributed by atoms with Gasteiger partial charge in [-0.05, 0) is 37.6 Å². The summed E-state index contributed by atoms with van der Waals surface area (Å²) < 4.78 is 14.1. The van der Waals surface area contributed by atoms with Crippen LogP contribution in [0, 0.1) is 0 Å². The highest BCUT2D eigenvalue weighted by Gasteiger charge is 2.13. The Kier molecular flexibility index (Phi) is 6.68. The van der Waals surface area contributed by atoms with E-state index in [2.05, 4.69) is 15.5 Å². The maximum absolute atomic E-state index is 12.3. The average molecular weight is 413 g/mol. The van der Waals surface area contributed by atoms with Gasteiger partial charge in [-0.1, -0.05) is 6.07 Å². The largest absolute Gasteiger partial charge is 0.490 e. The quantitative estimate of drug-likeness (QED) is 0.523. The van der Waals surface area contributed by atoms with Crippen molar-refractivity contribution in [2.45, 2.75) is 26.9 Å². The molecular weight excluding hydrogens is 390 g/mol. The lowest BCUT2D eigenvalue weighted by atomic mass is 10.2. The number of carbonyl (C=O) groups excluding carboxylic acids is 1. The number of benzene rings is 1. The number of carbonyl (C=O) groups is 2. The van der Waals surface area contributed by atoms with E-state index in [1.165, 1.54) is 23.1 Å². The van der Waals surface area contributed by atoms with E-state index < -0.39 is 11.9 Å². The van der Waals surface area contributed by atoms with Crippen molar-refractivity contribution in [3.8, 4) is 11.5 Å². The molecular formula is C20H23N5O5. The van der Waals surface area contributed by atoms with Crippen LogP contribution in [0.5, 0.6) is 11.5 Å². The van der Waals surface area contributed by atoms with Crippen LogP contribution in [0.15, 0.2) is 42.9 Å². The van der Waals surface area contributed by atoms with Crippen molar-refractivity contribution in [3.05, 3.63) is 54.1 Å². The van der Waals surface area contributed by atoms with E-state index in [1.807, 2.05) is 32.0 Å². The summed E-state index contributed by atoms with van der Waals surface area (Å²) in [5.41, 5.74) is 1.59. The molecule has 0 bridgehead atoms. The second kappa shape index (κ2) is 9.59.